The molecule has 4 heteroatoms. The summed E-state index contributed by atoms with van der Waals surface area (Å²) < 4.78 is 0. The van der Waals surface area contributed by atoms with Gasteiger partial charge in [0, 0.05) is 6.54 Å². The number of carbonyl (C=O) groups is 1. The Bertz CT molecular complexity index is 274. The van der Waals surface area contributed by atoms with Crippen LogP contribution in [0, 0.1) is 5.41 Å². The van der Waals surface area contributed by atoms with Crippen molar-refractivity contribution in [3.63, 3.8) is 0 Å². The number of carboxylic acid groups (broad SMARTS) is 1. The Balaban J connectivity index is 4.31. The zero-order valence-electron chi connectivity index (χ0n) is 13.5. The van der Waals surface area contributed by atoms with Crippen molar-refractivity contribution in [3.05, 3.63) is 0 Å². The number of hydrogen-bond acceptors (Lipinski definition) is 3. The van der Waals surface area contributed by atoms with Gasteiger partial charge in [-0.05, 0) is 44.8 Å². The van der Waals surface area contributed by atoms with Gasteiger partial charge in [-0.25, -0.2) is 0 Å². The standard InChI is InChI=1S/C15H32N2O2/c1-7-15(13(18)19,16-8-2)10-9-11-17(6)12-14(3,4)5/h16H,7-12H2,1-6H3,(H,18,19). The molecule has 114 valence electrons. The fourth-order valence-corrected chi connectivity index (χ4v) is 2.60. The van der Waals surface area contributed by atoms with E-state index in [1.54, 1.807) is 0 Å². The summed E-state index contributed by atoms with van der Waals surface area (Å²) in [6, 6.07) is 0. The normalized spacial score (nSPS) is 15.5. The van der Waals surface area contributed by atoms with E-state index in [4.69, 9.17) is 0 Å². The first-order chi connectivity index (χ1) is 8.67. The number of carboxylic acids is 1. The number of nitrogens with one attached hydrogen (secondary N) is 1. The minimum atomic E-state index is -0.753. The van der Waals surface area contributed by atoms with Gasteiger partial charge in [0.1, 0.15) is 5.54 Å². The third-order valence-electron chi connectivity index (χ3n) is 3.42. The summed E-state index contributed by atoms with van der Waals surface area (Å²) in [5, 5.41) is 12.6. The Morgan fingerprint density at radius 1 is 1.26 bits per heavy atom. The summed E-state index contributed by atoms with van der Waals surface area (Å²) >= 11 is 0. The fraction of sp³-hybridized carbons (Fsp3) is 0.933. The van der Waals surface area contributed by atoms with E-state index in [2.05, 4.69) is 38.0 Å². The molecule has 0 amide bonds. The number of nitrogens with zero attached hydrogens (tertiary/aromatic N) is 1. The van der Waals surface area contributed by atoms with Crippen molar-refractivity contribution in [1.29, 1.82) is 0 Å². The van der Waals surface area contributed by atoms with Gasteiger partial charge >= 0.3 is 5.97 Å². The van der Waals surface area contributed by atoms with Crippen molar-refractivity contribution in [1.82, 2.24) is 10.2 Å². The molecule has 0 heterocycles. The van der Waals surface area contributed by atoms with E-state index < -0.39 is 11.5 Å². The van der Waals surface area contributed by atoms with Crippen LogP contribution < -0.4 is 5.32 Å². The largest absolute Gasteiger partial charge is 0.480 e. The van der Waals surface area contributed by atoms with E-state index >= 15 is 0 Å². The zero-order valence-corrected chi connectivity index (χ0v) is 13.5. The lowest BCUT2D eigenvalue weighted by molar-refractivity contribution is -0.145. The van der Waals surface area contributed by atoms with Crippen molar-refractivity contribution in [2.45, 2.75) is 59.4 Å². The summed E-state index contributed by atoms with van der Waals surface area (Å²) in [6.45, 7) is 13.2. The van der Waals surface area contributed by atoms with Gasteiger partial charge in [0.25, 0.3) is 0 Å². The summed E-state index contributed by atoms with van der Waals surface area (Å²) in [7, 11) is 2.10. The average molecular weight is 272 g/mol. The minimum absolute atomic E-state index is 0.283. The van der Waals surface area contributed by atoms with Crippen LogP contribution in [0.15, 0.2) is 0 Å². The average Bonchev–Trinajstić information content (AvgIpc) is 2.25. The first-order valence-electron chi connectivity index (χ1n) is 7.34. The van der Waals surface area contributed by atoms with Crippen molar-refractivity contribution in [3.8, 4) is 0 Å². The van der Waals surface area contributed by atoms with E-state index in [1.165, 1.54) is 0 Å². The summed E-state index contributed by atoms with van der Waals surface area (Å²) in [4.78, 5) is 13.8. The lowest BCUT2D eigenvalue weighted by atomic mass is 9.90. The van der Waals surface area contributed by atoms with Crippen LogP contribution in [-0.4, -0.2) is 48.2 Å². The maximum Gasteiger partial charge on any atom is 0.323 e. The van der Waals surface area contributed by atoms with E-state index in [0.717, 1.165) is 19.5 Å². The van der Waals surface area contributed by atoms with Crippen molar-refractivity contribution in [2.75, 3.05) is 26.7 Å². The molecule has 0 rings (SSSR count). The molecule has 1 atom stereocenters. The highest BCUT2D eigenvalue weighted by molar-refractivity contribution is 5.78. The molecule has 0 aliphatic heterocycles. The van der Waals surface area contributed by atoms with Gasteiger partial charge in [0.15, 0.2) is 0 Å². The van der Waals surface area contributed by atoms with Gasteiger partial charge in [-0.1, -0.05) is 34.6 Å². The van der Waals surface area contributed by atoms with Crippen LogP contribution in [0.2, 0.25) is 0 Å². The topological polar surface area (TPSA) is 52.6 Å². The molecular formula is C15H32N2O2. The van der Waals surface area contributed by atoms with Crippen molar-refractivity contribution >= 4 is 5.97 Å². The van der Waals surface area contributed by atoms with Crippen LogP contribution in [0.5, 0.6) is 0 Å². The molecule has 0 spiro atoms. The molecule has 4 nitrogen and oxygen atoms in total. The summed E-state index contributed by atoms with van der Waals surface area (Å²) in [5.41, 5.74) is -0.470. The number of hydrogen-bond donors (Lipinski definition) is 2. The third-order valence-corrected chi connectivity index (χ3v) is 3.42. The molecule has 0 fully saturated rings. The molecule has 0 aliphatic carbocycles. The number of rotatable bonds is 9. The highest BCUT2D eigenvalue weighted by atomic mass is 16.4. The molecule has 0 aromatic heterocycles. The molecule has 0 aromatic carbocycles. The Labute approximate surface area is 118 Å². The highest BCUT2D eigenvalue weighted by Gasteiger charge is 2.35. The fourth-order valence-electron chi connectivity index (χ4n) is 2.60. The van der Waals surface area contributed by atoms with Gasteiger partial charge < -0.3 is 15.3 Å². The minimum Gasteiger partial charge on any atom is -0.480 e. The molecule has 1 unspecified atom stereocenters. The van der Waals surface area contributed by atoms with E-state index in [0.29, 0.717) is 19.4 Å². The van der Waals surface area contributed by atoms with Crippen LogP contribution in [-0.2, 0) is 4.79 Å². The molecule has 0 radical (unpaired) electrons. The summed E-state index contributed by atoms with van der Waals surface area (Å²) in [5.74, 6) is -0.727. The molecule has 19 heavy (non-hydrogen) atoms. The second kappa shape index (κ2) is 7.85. The van der Waals surface area contributed by atoms with E-state index in [-0.39, 0.29) is 5.41 Å². The van der Waals surface area contributed by atoms with Crippen LogP contribution >= 0.6 is 0 Å². The lowest BCUT2D eigenvalue weighted by Crippen LogP contribution is -2.52. The SMILES string of the molecule is CCNC(CC)(CCCN(C)CC(C)(C)C)C(=O)O. The molecule has 2 N–H and O–H groups in total. The predicted octanol–water partition coefficient (Wildman–Crippen LogP) is 2.59. The molecule has 0 aromatic rings. The van der Waals surface area contributed by atoms with Crippen LogP contribution in [0.4, 0.5) is 0 Å². The van der Waals surface area contributed by atoms with E-state index in [9.17, 15) is 9.90 Å². The lowest BCUT2D eigenvalue weighted by Gasteiger charge is -2.31. The maximum absolute atomic E-state index is 11.5. The number of aliphatic carboxylic acids is 1. The first-order valence-corrected chi connectivity index (χ1v) is 7.34. The van der Waals surface area contributed by atoms with Crippen LogP contribution in [0.25, 0.3) is 0 Å². The highest BCUT2D eigenvalue weighted by Crippen LogP contribution is 2.19. The molecule has 0 saturated heterocycles. The maximum atomic E-state index is 11.5. The van der Waals surface area contributed by atoms with Gasteiger partial charge in [0.05, 0.1) is 0 Å². The van der Waals surface area contributed by atoms with Gasteiger partial charge in [-0.2, -0.15) is 0 Å². The molecule has 0 bridgehead atoms. The molecular weight excluding hydrogens is 240 g/mol. The van der Waals surface area contributed by atoms with Gasteiger partial charge in [-0.3, -0.25) is 4.79 Å². The van der Waals surface area contributed by atoms with E-state index in [1.807, 2.05) is 13.8 Å². The predicted molar refractivity (Wildman–Crippen MR) is 80.5 cm³/mol. The Morgan fingerprint density at radius 2 is 1.84 bits per heavy atom. The Hall–Kier alpha value is -0.610. The van der Waals surface area contributed by atoms with Gasteiger partial charge in [0.2, 0.25) is 0 Å². The van der Waals surface area contributed by atoms with Crippen molar-refractivity contribution in [2.24, 2.45) is 5.41 Å². The van der Waals surface area contributed by atoms with Gasteiger partial charge in [-0.15, -0.1) is 0 Å². The van der Waals surface area contributed by atoms with Crippen LogP contribution in [0.1, 0.15) is 53.9 Å². The molecule has 0 saturated carbocycles. The Morgan fingerprint density at radius 3 is 2.21 bits per heavy atom. The quantitative estimate of drug-likeness (QED) is 0.677. The summed E-state index contributed by atoms with van der Waals surface area (Å²) in [6.07, 6.45) is 2.21. The first kappa shape index (κ1) is 18.4. The second-order valence-electron chi connectivity index (χ2n) is 6.67. The monoisotopic (exact) mass is 272 g/mol. The Kier molecular flexibility index (Phi) is 7.60. The molecule has 0 aliphatic rings. The smallest absolute Gasteiger partial charge is 0.323 e. The van der Waals surface area contributed by atoms with Crippen LogP contribution in [0.3, 0.4) is 0 Å². The van der Waals surface area contributed by atoms with Crippen molar-refractivity contribution < 1.29 is 9.90 Å². The number of likely N-dealkylation sites (N-methyl/N-ethyl adjacent to an activating group) is 1. The second-order valence-corrected chi connectivity index (χ2v) is 6.67. The zero-order chi connectivity index (χ0) is 15.1. The third kappa shape index (κ3) is 6.92.